The van der Waals surface area contributed by atoms with Crippen molar-refractivity contribution in [2.75, 3.05) is 31.1 Å². The second-order valence-electron chi connectivity index (χ2n) is 6.78. The van der Waals surface area contributed by atoms with E-state index in [0.29, 0.717) is 5.92 Å². The standard InChI is InChI=1S/C16H20N6/c1-16-9-21(7-4-12(16)5-8-22(10-16)17-2)15-13-3-6-18-14(13)19-11-20-15/h3,6,11-12H,4-5,7-10H2,1H3,(H,18,19,20)/t12-,16+/m1/s1. The van der Waals surface area contributed by atoms with Crippen molar-refractivity contribution in [2.24, 2.45) is 11.3 Å². The third kappa shape index (κ3) is 2.00. The fraction of sp³-hybridized carbons (Fsp3) is 0.562. The summed E-state index contributed by atoms with van der Waals surface area (Å²) in [7, 11) is 0. The van der Waals surface area contributed by atoms with Gasteiger partial charge in [0.25, 0.3) is 0 Å². The summed E-state index contributed by atoms with van der Waals surface area (Å²) in [5.74, 6) is 1.73. The van der Waals surface area contributed by atoms with Gasteiger partial charge in [-0.1, -0.05) is 6.92 Å². The smallest absolute Gasteiger partial charge is 0.142 e. The van der Waals surface area contributed by atoms with E-state index in [4.69, 9.17) is 6.57 Å². The van der Waals surface area contributed by atoms with Crippen molar-refractivity contribution in [3.63, 3.8) is 0 Å². The first-order valence-corrected chi connectivity index (χ1v) is 7.85. The number of hydrogen-bond acceptors (Lipinski definition) is 4. The summed E-state index contributed by atoms with van der Waals surface area (Å²) in [5.41, 5.74) is 1.05. The lowest BCUT2D eigenvalue weighted by Crippen LogP contribution is -2.55. The molecule has 22 heavy (non-hydrogen) atoms. The maximum absolute atomic E-state index is 7.30. The molecule has 0 amide bonds. The van der Waals surface area contributed by atoms with Crippen LogP contribution in [0.4, 0.5) is 5.82 Å². The minimum absolute atomic E-state index is 0.161. The molecular formula is C16H20N6. The normalized spacial score (nSPS) is 28.5. The third-order valence-electron chi connectivity index (χ3n) is 5.34. The molecule has 2 atom stereocenters. The van der Waals surface area contributed by atoms with E-state index >= 15 is 0 Å². The van der Waals surface area contributed by atoms with Crippen LogP contribution in [0.3, 0.4) is 0 Å². The molecule has 6 nitrogen and oxygen atoms in total. The van der Waals surface area contributed by atoms with E-state index in [1.165, 1.54) is 6.42 Å². The average molecular weight is 296 g/mol. The fourth-order valence-electron chi connectivity index (χ4n) is 4.15. The lowest BCUT2D eigenvalue weighted by Gasteiger charge is -2.49. The van der Waals surface area contributed by atoms with Crippen LogP contribution in [0.2, 0.25) is 0 Å². The van der Waals surface area contributed by atoms with E-state index in [9.17, 15) is 0 Å². The maximum Gasteiger partial charge on any atom is 0.142 e. The van der Waals surface area contributed by atoms with Gasteiger partial charge in [-0.25, -0.2) is 9.97 Å². The Hall–Kier alpha value is -2.29. The second kappa shape index (κ2) is 4.87. The molecule has 6 heteroatoms. The molecule has 2 fully saturated rings. The van der Waals surface area contributed by atoms with Crippen molar-refractivity contribution < 1.29 is 0 Å². The predicted octanol–water partition coefficient (Wildman–Crippen LogP) is 2.33. The summed E-state index contributed by atoms with van der Waals surface area (Å²) >= 11 is 0. The summed E-state index contributed by atoms with van der Waals surface area (Å²) in [5, 5.41) is 2.98. The van der Waals surface area contributed by atoms with E-state index in [-0.39, 0.29) is 5.41 Å². The number of nitrogens with one attached hydrogen (secondary N) is 1. The van der Waals surface area contributed by atoms with Crippen LogP contribution in [0.15, 0.2) is 18.6 Å². The highest BCUT2D eigenvalue weighted by Crippen LogP contribution is 2.43. The Bertz CT molecular complexity index is 732. The van der Waals surface area contributed by atoms with Gasteiger partial charge in [0.05, 0.1) is 18.5 Å². The van der Waals surface area contributed by atoms with Crippen molar-refractivity contribution in [2.45, 2.75) is 19.8 Å². The summed E-state index contributed by atoms with van der Waals surface area (Å²) in [4.78, 5) is 18.0. The highest BCUT2D eigenvalue weighted by molar-refractivity contribution is 5.87. The molecule has 0 bridgehead atoms. The van der Waals surface area contributed by atoms with Crippen molar-refractivity contribution in [3.05, 3.63) is 30.1 Å². The van der Waals surface area contributed by atoms with Gasteiger partial charge < -0.3 is 9.88 Å². The number of hydrogen-bond donors (Lipinski definition) is 1. The van der Waals surface area contributed by atoms with E-state index in [1.54, 1.807) is 6.33 Å². The van der Waals surface area contributed by atoms with E-state index in [1.807, 2.05) is 17.3 Å². The molecule has 0 unspecified atom stereocenters. The first kappa shape index (κ1) is 13.4. The van der Waals surface area contributed by atoms with Crippen LogP contribution in [0, 0.1) is 17.9 Å². The molecule has 114 valence electrons. The quantitative estimate of drug-likeness (QED) is 0.821. The van der Waals surface area contributed by atoms with Gasteiger partial charge in [0.1, 0.15) is 17.8 Å². The van der Waals surface area contributed by atoms with Gasteiger partial charge >= 0.3 is 0 Å². The number of rotatable bonds is 1. The average Bonchev–Trinajstić information content (AvgIpc) is 3.01. The molecule has 0 spiro atoms. The van der Waals surface area contributed by atoms with Crippen molar-refractivity contribution in [1.82, 2.24) is 20.0 Å². The number of piperidine rings is 2. The Balaban J connectivity index is 1.65. The number of nitrogens with zero attached hydrogens (tertiary/aromatic N) is 5. The predicted molar refractivity (Wildman–Crippen MR) is 85.1 cm³/mol. The highest BCUT2D eigenvalue weighted by Gasteiger charge is 2.45. The molecule has 4 heterocycles. The zero-order valence-electron chi connectivity index (χ0n) is 12.8. The largest absolute Gasteiger partial charge is 0.355 e. The van der Waals surface area contributed by atoms with E-state index in [2.05, 4.69) is 31.7 Å². The minimum Gasteiger partial charge on any atom is -0.355 e. The molecule has 2 aliphatic heterocycles. The van der Waals surface area contributed by atoms with Crippen molar-refractivity contribution in [1.29, 1.82) is 0 Å². The molecule has 2 aromatic rings. The molecule has 0 aliphatic carbocycles. The molecular weight excluding hydrogens is 276 g/mol. The van der Waals surface area contributed by atoms with Crippen LogP contribution in [0.1, 0.15) is 19.8 Å². The Labute approximate surface area is 129 Å². The SMILES string of the molecule is [C-]#[N+]N1CC[C@H]2CCN(c3ncnc4[nH]ccc34)C[C@@]2(C)C1. The molecule has 0 aromatic carbocycles. The Morgan fingerprint density at radius 2 is 2.18 bits per heavy atom. The van der Waals surface area contributed by atoms with Crippen LogP contribution in [-0.2, 0) is 0 Å². The fourth-order valence-corrected chi connectivity index (χ4v) is 4.15. The van der Waals surface area contributed by atoms with Crippen molar-refractivity contribution >= 4 is 16.9 Å². The zero-order valence-corrected chi connectivity index (χ0v) is 12.8. The van der Waals surface area contributed by atoms with Crippen molar-refractivity contribution in [3.8, 4) is 0 Å². The van der Waals surface area contributed by atoms with Crippen LogP contribution < -0.4 is 4.90 Å². The number of fused-ring (bicyclic) bond motifs is 2. The summed E-state index contributed by atoms with van der Waals surface area (Å²) in [6.45, 7) is 13.4. The summed E-state index contributed by atoms with van der Waals surface area (Å²) in [6.07, 6.45) is 5.86. The Morgan fingerprint density at radius 3 is 3.05 bits per heavy atom. The number of anilines is 1. The first-order chi connectivity index (χ1) is 10.7. The zero-order chi connectivity index (χ0) is 15.2. The lowest BCUT2D eigenvalue weighted by molar-refractivity contribution is 0.0508. The molecule has 2 saturated heterocycles. The van der Waals surface area contributed by atoms with Gasteiger partial charge in [-0.05, 0) is 24.8 Å². The highest BCUT2D eigenvalue weighted by atomic mass is 15.4. The third-order valence-corrected chi connectivity index (χ3v) is 5.34. The van der Waals surface area contributed by atoms with Crippen LogP contribution in [-0.4, -0.2) is 46.1 Å². The topological polar surface area (TPSA) is 52.4 Å². The molecule has 0 saturated carbocycles. The van der Waals surface area contributed by atoms with Crippen LogP contribution in [0.25, 0.3) is 16.0 Å². The van der Waals surface area contributed by atoms with Gasteiger partial charge in [0.15, 0.2) is 0 Å². The number of aromatic amines is 1. The van der Waals surface area contributed by atoms with Gasteiger partial charge in [-0.3, -0.25) is 0 Å². The van der Waals surface area contributed by atoms with Crippen LogP contribution >= 0.6 is 0 Å². The molecule has 1 N–H and O–H groups in total. The Kier molecular flexibility index (Phi) is 2.96. The molecule has 2 aromatic heterocycles. The second-order valence-corrected chi connectivity index (χ2v) is 6.78. The van der Waals surface area contributed by atoms with Gasteiger partial charge in [0.2, 0.25) is 0 Å². The maximum atomic E-state index is 7.30. The summed E-state index contributed by atoms with van der Waals surface area (Å²) in [6, 6.07) is 2.05. The van der Waals surface area contributed by atoms with E-state index in [0.717, 1.165) is 49.5 Å². The summed E-state index contributed by atoms with van der Waals surface area (Å²) < 4.78 is 0. The Morgan fingerprint density at radius 1 is 1.32 bits per heavy atom. The number of H-pyrrole nitrogens is 1. The molecule has 0 radical (unpaired) electrons. The number of aromatic nitrogens is 3. The minimum atomic E-state index is 0.161. The molecule has 2 aliphatic rings. The molecule has 4 rings (SSSR count). The first-order valence-electron chi connectivity index (χ1n) is 7.85. The van der Waals surface area contributed by atoms with Gasteiger partial charge in [-0.2, -0.15) is 11.5 Å². The monoisotopic (exact) mass is 296 g/mol. The van der Waals surface area contributed by atoms with E-state index < -0.39 is 0 Å². The van der Waals surface area contributed by atoms with Gasteiger partial charge in [0, 0.05) is 24.7 Å². The van der Waals surface area contributed by atoms with Gasteiger partial charge in [-0.15, -0.1) is 5.01 Å². The lowest BCUT2D eigenvalue weighted by atomic mass is 9.68. The van der Waals surface area contributed by atoms with Crippen LogP contribution in [0.5, 0.6) is 0 Å².